The molecule has 6 nitrogen and oxygen atoms in total. The lowest BCUT2D eigenvalue weighted by atomic mass is 10.1. The second-order valence-electron chi connectivity index (χ2n) is 7.27. The van der Waals surface area contributed by atoms with Gasteiger partial charge in [0.25, 0.3) is 5.91 Å². The Morgan fingerprint density at radius 2 is 1.86 bits per heavy atom. The standard InChI is InChI=1S/C22H22N2O4S/c1-15-7-10-20-19(11-15)24(29(2,26)27)14-21(28-20)22(25)23-13-16-8-9-17-5-3-4-6-18(17)12-16/h3-12,21H,13-14H2,1-2H3,(H,23,25)/t21-/m1/s1. The van der Waals surface area contributed by atoms with Crippen LogP contribution in [0.2, 0.25) is 0 Å². The van der Waals surface area contributed by atoms with Crippen LogP contribution >= 0.6 is 0 Å². The van der Waals surface area contributed by atoms with E-state index in [0.29, 0.717) is 18.0 Å². The van der Waals surface area contributed by atoms with Crippen LogP contribution in [0.25, 0.3) is 10.8 Å². The largest absolute Gasteiger partial charge is 0.476 e. The number of fused-ring (bicyclic) bond motifs is 2. The first-order valence-corrected chi connectivity index (χ1v) is 11.2. The molecule has 0 aromatic heterocycles. The molecule has 150 valence electrons. The minimum Gasteiger partial charge on any atom is -0.476 e. The van der Waals surface area contributed by atoms with Crippen LogP contribution in [0.15, 0.2) is 60.7 Å². The molecule has 29 heavy (non-hydrogen) atoms. The van der Waals surface area contributed by atoms with Gasteiger partial charge in [-0.15, -0.1) is 0 Å². The highest BCUT2D eigenvalue weighted by Gasteiger charge is 2.34. The fourth-order valence-corrected chi connectivity index (χ4v) is 4.37. The molecule has 1 heterocycles. The van der Waals surface area contributed by atoms with Crippen LogP contribution in [0.5, 0.6) is 5.75 Å². The van der Waals surface area contributed by atoms with Gasteiger partial charge in [-0.25, -0.2) is 8.42 Å². The Morgan fingerprint density at radius 3 is 2.62 bits per heavy atom. The van der Waals surface area contributed by atoms with Crippen molar-refractivity contribution in [1.29, 1.82) is 0 Å². The summed E-state index contributed by atoms with van der Waals surface area (Å²) < 4.78 is 31.6. The second-order valence-corrected chi connectivity index (χ2v) is 9.18. The molecule has 0 saturated carbocycles. The van der Waals surface area contributed by atoms with Crippen LogP contribution in [0.4, 0.5) is 5.69 Å². The Balaban J connectivity index is 1.51. The maximum atomic E-state index is 12.7. The fraction of sp³-hybridized carbons (Fsp3) is 0.227. The maximum absolute atomic E-state index is 12.7. The molecular formula is C22H22N2O4S. The molecule has 3 aromatic rings. The number of benzene rings is 3. The van der Waals surface area contributed by atoms with E-state index < -0.39 is 16.1 Å². The van der Waals surface area contributed by atoms with E-state index in [0.717, 1.165) is 28.2 Å². The summed E-state index contributed by atoms with van der Waals surface area (Å²) in [7, 11) is -3.54. The Kier molecular flexibility index (Phi) is 4.92. The van der Waals surface area contributed by atoms with Crippen molar-refractivity contribution in [2.75, 3.05) is 17.1 Å². The highest BCUT2D eigenvalue weighted by molar-refractivity contribution is 7.92. The van der Waals surface area contributed by atoms with Gasteiger partial charge in [-0.3, -0.25) is 9.10 Å². The maximum Gasteiger partial charge on any atom is 0.263 e. The number of amides is 1. The molecule has 1 N–H and O–H groups in total. The van der Waals surface area contributed by atoms with E-state index >= 15 is 0 Å². The molecular weight excluding hydrogens is 388 g/mol. The molecule has 0 unspecified atom stereocenters. The topological polar surface area (TPSA) is 75.7 Å². The Bertz CT molecular complexity index is 1190. The number of carbonyl (C=O) groups excluding carboxylic acids is 1. The number of ether oxygens (including phenoxy) is 1. The third-order valence-electron chi connectivity index (χ3n) is 4.96. The van der Waals surface area contributed by atoms with Crippen LogP contribution < -0.4 is 14.4 Å². The third kappa shape index (κ3) is 4.05. The van der Waals surface area contributed by atoms with Crippen molar-refractivity contribution in [2.24, 2.45) is 0 Å². The number of nitrogens with one attached hydrogen (secondary N) is 1. The number of aryl methyl sites for hydroxylation is 1. The molecule has 0 saturated heterocycles. The first-order valence-electron chi connectivity index (χ1n) is 9.32. The molecule has 1 amide bonds. The summed E-state index contributed by atoms with van der Waals surface area (Å²) in [6, 6.07) is 19.3. The lowest BCUT2D eigenvalue weighted by Crippen LogP contribution is -2.50. The van der Waals surface area contributed by atoms with Gasteiger partial charge in [0.15, 0.2) is 6.10 Å². The van der Waals surface area contributed by atoms with Gasteiger partial charge in [-0.1, -0.05) is 42.5 Å². The minimum atomic E-state index is -3.54. The highest BCUT2D eigenvalue weighted by Crippen LogP contribution is 2.35. The van der Waals surface area contributed by atoms with Crippen LogP contribution in [0.1, 0.15) is 11.1 Å². The van der Waals surface area contributed by atoms with Gasteiger partial charge in [0.05, 0.1) is 18.5 Å². The zero-order valence-corrected chi connectivity index (χ0v) is 17.1. The van der Waals surface area contributed by atoms with Crippen LogP contribution in [-0.2, 0) is 21.4 Å². The van der Waals surface area contributed by atoms with E-state index in [1.54, 1.807) is 12.1 Å². The molecule has 0 spiro atoms. The van der Waals surface area contributed by atoms with Crippen molar-refractivity contribution in [1.82, 2.24) is 5.32 Å². The van der Waals surface area contributed by atoms with E-state index in [1.807, 2.05) is 55.5 Å². The second kappa shape index (κ2) is 7.40. The van der Waals surface area contributed by atoms with E-state index in [9.17, 15) is 13.2 Å². The Labute approximate surface area is 170 Å². The predicted molar refractivity (Wildman–Crippen MR) is 114 cm³/mol. The van der Waals surface area contributed by atoms with Gasteiger partial charge in [-0.05, 0) is 47.0 Å². The van der Waals surface area contributed by atoms with Crippen molar-refractivity contribution in [3.05, 3.63) is 71.8 Å². The molecule has 7 heteroatoms. The number of nitrogens with zero attached hydrogens (tertiary/aromatic N) is 1. The lowest BCUT2D eigenvalue weighted by Gasteiger charge is -2.34. The van der Waals surface area contributed by atoms with Crippen molar-refractivity contribution < 1.29 is 17.9 Å². The van der Waals surface area contributed by atoms with Crippen molar-refractivity contribution in [3.63, 3.8) is 0 Å². The summed E-state index contributed by atoms with van der Waals surface area (Å²) in [5, 5.41) is 5.09. The quantitative estimate of drug-likeness (QED) is 0.718. The zero-order valence-electron chi connectivity index (χ0n) is 16.3. The molecule has 3 aromatic carbocycles. The number of anilines is 1. The summed E-state index contributed by atoms with van der Waals surface area (Å²) in [6.07, 6.45) is 0.217. The van der Waals surface area contributed by atoms with Crippen molar-refractivity contribution in [2.45, 2.75) is 19.6 Å². The van der Waals surface area contributed by atoms with Gasteiger partial charge in [0.1, 0.15) is 5.75 Å². The average molecular weight is 410 g/mol. The number of sulfonamides is 1. The summed E-state index contributed by atoms with van der Waals surface area (Å²) in [6.45, 7) is 2.16. The summed E-state index contributed by atoms with van der Waals surface area (Å²) in [5.74, 6) is 0.0381. The fourth-order valence-electron chi connectivity index (χ4n) is 3.46. The molecule has 0 bridgehead atoms. The van der Waals surface area contributed by atoms with Gasteiger partial charge in [0, 0.05) is 6.54 Å². The molecule has 0 radical (unpaired) electrons. The normalized spacial score (nSPS) is 16.2. The highest BCUT2D eigenvalue weighted by atomic mass is 32.2. The van der Waals surface area contributed by atoms with Crippen LogP contribution in [0.3, 0.4) is 0 Å². The van der Waals surface area contributed by atoms with E-state index in [2.05, 4.69) is 5.32 Å². The smallest absolute Gasteiger partial charge is 0.263 e. The minimum absolute atomic E-state index is 0.0567. The zero-order chi connectivity index (χ0) is 20.6. The van der Waals surface area contributed by atoms with E-state index in [1.165, 1.54) is 4.31 Å². The first kappa shape index (κ1) is 19.3. The summed E-state index contributed by atoms with van der Waals surface area (Å²) in [4.78, 5) is 12.7. The van der Waals surface area contributed by atoms with Gasteiger partial charge >= 0.3 is 0 Å². The number of hydrogen-bond donors (Lipinski definition) is 1. The van der Waals surface area contributed by atoms with Crippen LogP contribution in [-0.4, -0.2) is 33.2 Å². The SMILES string of the molecule is Cc1ccc2c(c1)N(S(C)(=O)=O)C[C@H](C(=O)NCc1ccc3ccccc3c1)O2. The molecule has 4 rings (SSSR count). The summed E-state index contributed by atoms with van der Waals surface area (Å²) >= 11 is 0. The number of carbonyl (C=O) groups is 1. The average Bonchev–Trinajstić information content (AvgIpc) is 2.70. The van der Waals surface area contributed by atoms with Gasteiger partial charge in [-0.2, -0.15) is 0 Å². The van der Waals surface area contributed by atoms with E-state index in [-0.39, 0.29) is 12.5 Å². The number of hydrogen-bond acceptors (Lipinski definition) is 4. The third-order valence-corrected chi connectivity index (χ3v) is 6.10. The monoisotopic (exact) mass is 410 g/mol. The van der Waals surface area contributed by atoms with Gasteiger partial charge < -0.3 is 10.1 Å². The molecule has 0 aliphatic carbocycles. The molecule has 0 fully saturated rings. The van der Waals surface area contributed by atoms with Crippen molar-refractivity contribution >= 4 is 32.4 Å². The number of rotatable bonds is 4. The van der Waals surface area contributed by atoms with E-state index in [4.69, 9.17) is 4.74 Å². The van der Waals surface area contributed by atoms with Crippen LogP contribution in [0, 0.1) is 6.92 Å². The molecule has 1 atom stereocenters. The first-order chi connectivity index (χ1) is 13.8. The lowest BCUT2D eigenvalue weighted by molar-refractivity contribution is -0.127. The summed E-state index contributed by atoms with van der Waals surface area (Å²) in [5.41, 5.74) is 2.34. The predicted octanol–water partition coefficient (Wildman–Crippen LogP) is 2.99. The molecule has 1 aliphatic heterocycles. The van der Waals surface area contributed by atoms with Crippen molar-refractivity contribution in [3.8, 4) is 5.75 Å². The Morgan fingerprint density at radius 1 is 1.10 bits per heavy atom. The Hall–Kier alpha value is -3.06. The van der Waals surface area contributed by atoms with Gasteiger partial charge in [0.2, 0.25) is 10.0 Å². The molecule has 1 aliphatic rings.